The van der Waals surface area contributed by atoms with Gasteiger partial charge >= 0.3 is 0 Å². The van der Waals surface area contributed by atoms with Crippen LogP contribution in [0.3, 0.4) is 0 Å². The lowest BCUT2D eigenvalue weighted by atomic mass is 9.94. The Labute approximate surface area is 131 Å². The maximum absolute atomic E-state index is 12.5. The van der Waals surface area contributed by atoms with Crippen molar-refractivity contribution in [1.29, 1.82) is 0 Å². The number of piperazine rings is 1. The first kappa shape index (κ1) is 17.6. The third-order valence-corrected chi connectivity index (χ3v) is 4.51. The second-order valence-electron chi connectivity index (χ2n) is 6.12. The fourth-order valence-corrected chi connectivity index (χ4v) is 3.52. The lowest BCUT2D eigenvalue weighted by Gasteiger charge is -2.34. The molecule has 0 bridgehead atoms. The molecule has 0 aromatic heterocycles. The zero-order valence-electron chi connectivity index (χ0n) is 12.3. The van der Waals surface area contributed by atoms with E-state index in [1.807, 2.05) is 25.7 Å². The van der Waals surface area contributed by atoms with Gasteiger partial charge in [0.2, 0.25) is 11.8 Å². The molecule has 0 radical (unpaired) electrons. The van der Waals surface area contributed by atoms with Gasteiger partial charge in [-0.3, -0.25) is 9.59 Å². The Balaban J connectivity index is 0.00000200. The van der Waals surface area contributed by atoms with Gasteiger partial charge in [-0.1, -0.05) is 20.8 Å². The minimum atomic E-state index is -0.424. The molecule has 2 saturated heterocycles. The zero-order chi connectivity index (χ0) is 14.0. The maximum Gasteiger partial charge on any atom is 0.246 e. The van der Waals surface area contributed by atoms with Gasteiger partial charge in [0, 0.05) is 37.3 Å². The number of halogens is 1. The Morgan fingerprint density at radius 3 is 2.35 bits per heavy atom. The van der Waals surface area contributed by atoms with Crippen LogP contribution in [0, 0.1) is 5.41 Å². The SMILES string of the molecule is CC(C)(C)C(=O)N1CSCC1C(=O)N1CCNCC1.Cl. The number of amides is 2. The summed E-state index contributed by atoms with van der Waals surface area (Å²) in [4.78, 5) is 28.6. The lowest BCUT2D eigenvalue weighted by Crippen LogP contribution is -2.55. The van der Waals surface area contributed by atoms with E-state index < -0.39 is 5.41 Å². The molecule has 0 spiro atoms. The first-order valence-electron chi connectivity index (χ1n) is 6.79. The van der Waals surface area contributed by atoms with Crippen molar-refractivity contribution in [1.82, 2.24) is 15.1 Å². The number of hydrogen-bond acceptors (Lipinski definition) is 4. The molecule has 2 rings (SSSR count). The number of nitrogens with one attached hydrogen (secondary N) is 1. The molecule has 1 unspecified atom stereocenters. The van der Waals surface area contributed by atoms with E-state index in [-0.39, 0.29) is 30.3 Å². The highest BCUT2D eigenvalue weighted by molar-refractivity contribution is 7.99. The molecule has 2 amide bonds. The summed E-state index contributed by atoms with van der Waals surface area (Å²) in [6, 6.07) is -0.269. The van der Waals surface area contributed by atoms with Crippen molar-refractivity contribution in [2.45, 2.75) is 26.8 Å². The van der Waals surface area contributed by atoms with E-state index >= 15 is 0 Å². The van der Waals surface area contributed by atoms with Crippen LogP contribution in [0.4, 0.5) is 0 Å². The fraction of sp³-hybridized carbons (Fsp3) is 0.846. The highest BCUT2D eigenvalue weighted by atomic mass is 35.5. The predicted octanol–water partition coefficient (Wildman–Crippen LogP) is 0.788. The minimum absolute atomic E-state index is 0. The number of hydrogen-bond donors (Lipinski definition) is 1. The molecular formula is C13H24ClN3O2S. The van der Waals surface area contributed by atoms with Crippen LogP contribution in [0.2, 0.25) is 0 Å². The molecule has 7 heteroatoms. The van der Waals surface area contributed by atoms with Crippen molar-refractivity contribution in [2.24, 2.45) is 5.41 Å². The third-order valence-electron chi connectivity index (χ3n) is 3.50. The van der Waals surface area contributed by atoms with E-state index in [1.165, 1.54) is 0 Å². The van der Waals surface area contributed by atoms with Gasteiger partial charge in [-0.15, -0.1) is 24.2 Å². The van der Waals surface area contributed by atoms with Crippen molar-refractivity contribution >= 4 is 36.0 Å². The zero-order valence-corrected chi connectivity index (χ0v) is 14.0. The Bertz CT molecular complexity index is 367. The topological polar surface area (TPSA) is 52.7 Å². The average molecular weight is 322 g/mol. The summed E-state index contributed by atoms with van der Waals surface area (Å²) in [5, 5.41) is 3.24. The van der Waals surface area contributed by atoms with Crippen molar-refractivity contribution in [3.63, 3.8) is 0 Å². The first-order chi connectivity index (χ1) is 8.91. The number of carbonyl (C=O) groups excluding carboxylic acids is 2. The molecule has 20 heavy (non-hydrogen) atoms. The molecule has 116 valence electrons. The van der Waals surface area contributed by atoms with Gasteiger partial charge in [0.15, 0.2) is 0 Å². The van der Waals surface area contributed by atoms with Gasteiger partial charge in [0.25, 0.3) is 0 Å². The van der Waals surface area contributed by atoms with E-state index in [4.69, 9.17) is 0 Å². The van der Waals surface area contributed by atoms with Crippen LogP contribution < -0.4 is 5.32 Å². The van der Waals surface area contributed by atoms with Gasteiger partial charge in [-0.25, -0.2) is 0 Å². The van der Waals surface area contributed by atoms with Crippen LogP contribution in [0.1, 0.15) is 20.8 Å². The van der Waals surface area contributed by atoms with Crippen LogP contribution >= 0.6 is 24.2 Å². The molecule has 2 aliphatic rings. The third kappa shape index (κ3) is 3.80. The molecule has 2 fully saturated rings. The fourth-order valence-electron chi connectivity index (χ4n) is 2.37. The summed E-state index contributed by atoms with van der Waals surface area (Å²) >= 11 is 1.67. The Morgan fingerprint density at radius 2 is 1.80 bits per heavy atom. The smallest absolute Gasteiger partial charge is 0.246 e. The second kappa shape index (κ2) is 7.00. The highest BCUT2D eigenvalue weighted by Gasteiger charge is 2.40. The molecule has 0 aromatic rings. The van der Waals surface area contributed by atoms with E-state index in [2.05, 4.69) is 5.32 Å². The van der Waals surface area contributed by atoms with Gasteiger partial charge in [0.1, 0.15) is 6.04 Å². The number of nitrogens with zero attached hydrogens (tertiary/aromatic N) is 2. The van der Waals surface area contributed by atoms with Crippen LogP contribution in [-0.4, -0.2) is 65.5 Å². The summed E-state index contributed by atoms with van der Waals surface area (Å²) in [7, 11) is 0. The predicted molar refractivity (Wildman–Crippen MR) is 84.1 cm³/mol. The summed E-state index contributed by atoms with van der Waals surface area (Å²) < 4.78 is 0. The molecule has 0 saturated carbocycles. The lowest BCUT2D eigenvalue weighted by molar-refractivity contribution is -0.148. The number of rotatable bonds is 1. The van der Waals surface area contributed by atoms with E-state index in [9.17, 15) is 9.59 Å². The van der Waals surface area contributed by atoms with E-state index in [0.29, 0.717) is 5.88 Å². The largest absolute Gasteiger partial charge is 0.338 e. The molecule has 5 nitrogen and oxygen atoms in total. The van der Waals surface area contributed by atoms with Gasteiger partial charge in [0.05, 0.1) is 5.88 Å². The van der Waals surface area contributed by atoms with E-state index in [1.54, 1.807) is 16.7 Å². The van der Waals surface area contributed by atoms with Gasteiger partial charge in [-0.05, 0) is 0 Å². The highest BCUT2D eigenvalue weighted by Crippen LogP contribution is 2.28. The standard InChI is InChI=1S/C13H23N3O2S.ClH/c1-13(2,3)12(18)16-9-19-8-10(16)11(17)15-6-4-14-5-7-15;/h10,14H,4-9H2,1-3H3;1H. The summed E-state index contributed by atoms with van der Waals surface area (Å²) in [6.07, 6.45) is 0. The van der Waals surface area contributed by atoms with Crippen LogP contribution in [0.5, 0.6) is 0 Å². The molecule has 0 aliphatic carbocycles. The molecular weight excluding hydrogens is 298 g/mol. The van der Waals surface area contributed by atoms with Crippen molar-refractivity contribution in [2.75, 3.05) is 37.8 Å². The van der Waals surface area contributed by atoms with Gasteiger partial charge < -0.3 is 15.1 Å². The van der Waals surface area contributed by atoms with E-state index in [0.717, 1.165) is 31.9 Å². The molecule has 2 heterocycles. The van der Waals surface area contributed by atoms with Crippen LogP contribution in [-0.2, 0) is 9.59 Å². The molecule has 2 aliphatic heterocycles. The molecule has 1 atom stereocenters. The Kier molecular flexibility index (Phi) is 6.16. The monoisotopic (exact) mass is 321 g/mol. The Morgan fingerprint density at radius 1 is 1.20 bits per heavy atom. The van der Waals surface area contributed by atoms with Crippen LogP contribution in [0.25, 0.3) is 0 Å². The van der Waals surface area contributed by atoms with Crippen molar-refractivity contribution in [3.8, 4) is 0 Å². The summed E-state index contributed by atoms with van der Waals surface area (Å²) in [5.74, 6) is 1.55. The maximum atomic E-state index is 12.5. The average Bonchev–Trinajstić information content (AvgIpc) is 2.85. The quantitative estimate of drug-likeness (QED) is 0.776. The van der Waals surface area contributed by atoms with Crippen LogP contribution in [0.15, 0.2) is 0 Å². The Hall–Kier alpha value is -0.460. The first-order valence-corrected chi connectivity index (χ1v) is 7.95. The minimum Gasteiger partial charge on any atom is -0.338 e. The second-order valence-corrected chi connectivity index (χ2v) is 7.12. The summed E-state index contributed by atoms with van der Waals surface area (Å²) in [5.41, 5.74) is -0.424. The van der Waals surface area contributed by atoms with Gasteiger partial charge in [-0.2, -0.15) is 0 Å². The van der Waals surface area contributed by atoms with Crippen molar-refractivity contribution < 1.29 is 9.59 Å². The molecule has 0 aromatic carbocycles. The summed E-state index contributed by atoms with van der Waals surface area (Å²) in [6.45, 7) is 8.91. The van der Waals surface area contributed by atoms with Crippen molar-refractivity contribution in [3.05, 3.63) is 0 Å². The number of thioether (sulfide) groups is 1. The number of carbonyl (C=O) groups is 2. The molecule has 1 N–H and O–H groups in total. The normalized spacial score (nSPS) is 23.4.